The summed E-state index contributed by atoms with van der Waals surface area (Å²) in [6, 6.07) is 17.8. The second-order valence-electron chi connectivity index (χ2n) is 7.45. The standard InChI is InChI=1S/C23H23N3O3/c27-23(19-15-18(24-25-19)16-6-2-1-3-7-16)26-11-4-8-20(26)17-9-10-21-22(14-17)29-13-5-12-28-21/h1-3,6-7,9-10,14-15,20H,4-5,8,11-13H2,(H,24,25). The molecule has 6 nitrogen and oxygen atoms in total. The lowest BCUT2D eigenvalue weighted by Crippen LogP contribution is -2.30. The summed E-state index contributed by atoms with van der Waals surface area (Å²) in [4.78, 5) is 15.1. The van der Waals surface area contributed by atoms with Crippen molar-refractivity contribution in [3.63, 3.8) is 0 Å². The molecule has 1 amide bonds. The second-order valence-corrected chi connectivity index (χ2v) is 7.45. The molecule has 29 heavy (non-hydrogen) atoms. The first-order valence-corrected chi connectivity index (χ1v) is 10.1. The number of amides is 1. The number of fused-ring (bicyclic) bond motifs is 1. The number of aromatic amines is 1. The number of carbonyl (C=O) groups excluding carboxylic acids is 1. The van der Waals surface area contributed by atoms with Crippen LogP contribution in [0.2, 0.25) is 0 Å². The molecule has 1 atom stereocenters. The van der Waals surface area contributed by atoms with Gasteiger partial charge >= 0.3 is 0 Å². The number of carbonyl (C=O) groups is 1. The molecule has 148 valence electrons. The molecule has 1 aromatic heterocycles. The predicted molar refractivity (Wildman–Crippen MR) is 109 cm³/mol. The van der Waals surface area contributed by atoms with Gasteiger partial charge in [-0.2, -0.15) is 5.10 Å². The number of benzene rings is 2. The Hall–Kier alpha value is -3.28. The van der Waals surface area contributed by atoms with Crippen molar-refractivity contribution in [1.29, 1.82) is 0 Å². The lowest BCUT2D eigenvalue weighted by atomic mass is 10.0. The summed E-state index contributed by atoms with van der Waals surface area (Å²) in [7, 11) is 0. The SMILES string of the molecule is O=C(c1cc(-c2ccccc2)n[nH]1)N1CCCC1c1ccc2c(c1)OCCCO2. The van der Waals surface area contributed by atoms with Crippen molar-refractivity contribution in [3.05, 3.63) is 65.9 Å². The molecule has 2 aliphatic heterocycles. The maximum Gasteiger partial charge on any atom is 0.272 e. The molecule has 3 aromatic rings. The molecule has 5 rings (SSSR count). The molecule has 1 saturated heterocycles. The highest BCUT2D eigenvalue weighted by molar-refractivity contribution is 5.94. The summed E-state index contributed by atoms with van der Waals surface area (Å²) in [6.07, 6.45) is 2.79. The monoisotopic (exact) mass is 389 g/mol. The van der Waals surface area contributed by atoms with Crippen molar-refractivity contribution in [2.45, 2.75) is 25.3 Å². The molecule has 1 N–H and O–H groups in total. The van der Waals surface area contributed by atoms with Crippen LogP contribution in [-0.4, -0.2) is 40.8 Å². The third-order valence-electron chi connectivity index (χ3n) is 5.55. The number of ether oxygens (including phenoxy) is 2. The van der Waals surface area contributed by atoms with Gasteiger partial charge in [0.1, 0.15) is 5.69 Å². The number of hydrogen-bond acceptors (Lipinski definition) is 4. The molecule has 1 unspecified atom stereocenters. The largest absolute Gasteiger partial charge is 0.490 e. The highest BCUT2D eigenvalue weighted by Crippen LogP contribution is 2.38. The molecule has 0 saturated carbocycles. The third kappa shape index (κ3) is 3.46. The van der Waals surface area contributed by atoms with E-state index in [-0.39, 0.29) is 11.9 Å². The van der Waals surface area contributed by atoms with Gasteiger partial charge in [-0.15, -0.1) is 0 Å². The van der Waals surface area contributed by atoms with Crippen molar-refractivity contribution in [2.75, 3.05) is 19.8 Å². The van der Waals surface area contributed by atoms with E-state index in [1.165, 1.54) is 0 Å². The van der Waals surface area contributed by atoms with E-state index < -0.39 is 0 Å². The minimum absolute atomic E-state index is 0.0192. The fraction of sp³-hybridized carbons (Fsp3) is 0.304. The Balaban J connectivity index is 1.39. The number of likely N-dealkylation sites (tertiary alicyclic amines) is 1. The Labute approximate surface area is 169 Å². The topological polar surface area (TPSA) is 67.5 Å². The van der Waals surface area contributed by atoms with Gasteiger partial charge in [-0.05, 0) is 36.6 Å². The minimum atomic E-state index is -0.0192. The van der Waals surface area contributed by atoms with E-state index in [1.54, 1.807) is 0 Å². The number of H-pyrrole nitrogens is 1. The van der Waals surface area contributed by atoms with Crippen LogP contribution < -0.4 is 9.47 Å². The normalized spacial score (nSPS) is 18.5. The molecule has 1 fully saturated rings. The Kier molecular flexibility index (Phi) is 4.68. The average Bonchev–Trinajstić information content (AvgIpc) is 3.39. The van der Waals surface area contributed by atoms with Crippen LogP contribution in [0.3, 0.4) is 0 Å². The summed E-state index contributed by atoms with van der Waals surface area (Å²) in [6.45, 7) is 2.06. The Morgan fingerprint density at radius 3 is 2.69 bits per heavy atom. The molecular weight excluding hydrogens is 366 g/mol. The maximum atomic E-state index is 13.2. The van der Waals surface area contributed by atoms with Crippen LogP contribution in [-0.2, 0) is 0 Å². The van der Waals surface area contributed by atoms with Crippen LogP contribution >= 0.6 is 0 Å². The van der Waals surface area contributed by atoms with E-state index in [0.717, 1.165) is 54.1 Å². The van der Waals surface area contributed by atoms with Crippen LogP contribution in [0.4, 0.5) is 0 Å². The fourth-order valence-corrected chi connectivity index (χ4v) is 4.09. The van der Waals surface area contributed by atoms with E-state index >= 15 is 0 Å². The smallest absolute Gasteiger partial charge is 0.272 e. The Morgan fingerprint density at radius 1 is 1.00 bits per heavy atom. The van der Waals surface area contributed by atoms with Gasteiger partial charge in [0.25, 0.3) is 5.91 Å². The van der Waals surface area contributed by atoms with Gasteiger partial charge in [0, 0.05) is 18.5 Å². The van der Waals surface area contributed by atoms with Gasteiger partial charge in [0.2, 0.25) is 0 Å². The fourth-order valence-electron chi connectivity index (χ4n) is 4.09. The van der Waals surface area contributed by atoms with Crippen LogP contribution in [0.1, 0.15) is 41.4 Å². The quantitative estimate of drug-likeness (QED) is 0.728. The average molecular weight is 389 g/mol. The summed E-state index contributed by atoms with van der Waals surface area (Å²) in [5.74, 6) is 1.53. The van der Waals surface area contributed by atoms with Gasteiger partial charge < -0.3 is 14.4 Å². The number of hydrogen-bond donors (Lipinski definition) is 1. The lowest BCUT2D eigenvalue weighted by molar-refractivity contribution is 0.0729. The van der Waals surface area contributed by atoms with Gasteiger partial charge in [-0.25, -0.2) is 0 Å². The molecule has 2 aromatic carbocycles. The van der Waals surface area contributed by atoms with E-state index in [2.05, 4.69) is 10.2 Å². The molecule has 0 aliphatic carbocycles. The zero-order valence-corrected chi connectivity index (χ0v) is 16.1. The van der Waals surface area contributed by atoms with Gasteiger partial charge in [0.05, 0.1) is 24.9 Å². The first-order chi connectivity index (χ1) is 14.3. The molecule has 0 radical (unpaired) electrons. The molecule has 6 heteroatoms. The van der Waals surface area contributed by atoms with Crippen LogP contribution in [0.5, 0.6) is 11.5 Å². The van der Waals surface area contributed by atoms with E-state index in [4.69, 9.17) is 9.47 Å². The van der Waals surface area contributed by atoms with Crippen molar-refractivity contribution >= 4 is 5.91 Å². The molecule has 0 spiro atoms. The lowest BCUT2D eigenvalue weighted by Gasteiger charge is -2.25. The zero-order valence-electron chi connectivity index (χ0n) is 16.1. The molecule has 0 bridgehead atoms. The Morgan fingerprint density at radius 2 is 1.83 bits per heavy atom. The zero-order chi connectivity index (χ0) is 19.6. The van der Waals surface area contributed by atoms with E-state index in [0.29, 0.717) is 18.9 Å². The van der Waals surface area contributed by atoms with Crippen LogP contribution in [0.25, 0.3) is 11.3 Å². The van der Waals surface area contributed by atoms with Crippen molar-refractivity contribution in [1.82, 2.24) is 15.1 Å². The number of aromatic nitrogens is 2. The van der Waals surface area contributed by atoms with Crippen LogP contribution in [0.15, 0.2) is 54.6 Å². The molecule has 3 heterocycles. The van der Waals surface area contributed by atoms with Gasteiger partial charge in [0.15, 0.2) is 11.5 Å². The Bertz CT molecular complexity index is 1020. The van der Waals surface area contributed by atoms with Crippen molar-refractivity contribution in [2.24, 2.45) is 0 Å². The van der Waals surface area contributed by atoms with Gasteiger partial charge in [-0.1, -0.05) is 36.4 Å². The minimum Gasteiger partial charge on any atom is -0.490 e. The van der Waals surface area contributed by atoms with E-state index in [9.17, 15) is 4.79 Å². The van der Waals surface area contributed by atoms with Crippen molar-refractivity contribution in [3.8, 4) is 22.8 Å². The summed E-state index contributed by atoms with van der Waals surface area (Å²) in [5.41, 5.74) is 3.37. The summed E-state index contributed by atoms with van der Waals surface area (Å²) in [5, 5.41) is 7.26. The summed E-state index contributed by atoms with van der Waals surface area (Å²) < 4.78 is 11.6. The highest BCUT2D eigenvalue weighted by atomic mass is 16.5. The second kappa shape index (κ2) is 7.62. The first kappa shape index (κ1) is 17.8. The first-order valence-electron chi connectivity index (χ1n) is 10.1. The maximum absolute atomic E-state index is 13.2. The number of rotatable bonds is 3. The van der Waals surface area contributed by atoms with E-state index in [1.807, 2.05) is 59.5 Å². The molecular formula is C23H23N3O3. The number of nitrogens with zero attached hydrogens (tertiary/aromatic N) is 2. The summed E-state index contributed by atoms with van der Waals surface area (Å²) >= 11 is 0. The molecule has 2 aliphatic rings. The van der Waals surface area contributed by atoms with Crippen LogP contribution in [0, 0.1) is 0 Å². The predicted octanol–water partition coefficient (Wildman–Crippen LogP) is 4.22. The third-order valence-corrected chi connectivity index (χ3v) is 5.55. The number of nitrogens with one attached hydrogen (secondary N) is 1. The van der Waals surface area contributed by atoms with Crippen molar-refractivity contribution < 1.29 is 14.3 Å². The highest BCUT2D eigenvalue weighted by Gasteiger charge is 2.32. The van der Waals surface area contributed by atoms with Gasteiger partial charge in [-0.3, -0.25) is 9.89 Å².